The summed E-state index contributed by atoms with van der Waals surface area (Å²) in [6, 6.07) is 11.5. The number of nitrogens with zero attached hydrogens (tertiary/aromatic N) is 1. The van der Waals surface area contributed by atoms with Crippen molar-refractivity contribution >= 4 is 28.4 Å². The molecule has 4 heteroatoms. The van der Waals surface area contributed by atoms with Gasteiger partial charge < -0.3 is 5.32 Å². The van der Waals surface area contributed by atoms with Crippen molar-refractivity contribution in [2.75, 3.05) is 12.4 Å². The predicted octanol–water partition coefficient (Wildman–Crippen LogP) is 3.62. The molecule has 0 radical (unpaired) electrons. The van der Waals surface area contributed by atoms with E-state index in [9.17, 15) is 4.79 Å². The van der Waals surface area contributed by atoms with Gasteiger partial charge >= 0.3 is 0 Å². The van der Waals surface area contributed by atoms with Crippen LogP contribution in [-0.4, -0.2) is 23.3 Å². The molecule has 0 aliphatic heterocycles. The molecule has 2 rings (SSSR count). The average Bonchev–Trinajstić information content (AvgIpc) is 2.50. The average molecular weight is 291 g/mol. The van der Waals surface area contributed by atoms with Gasteiger partial charge in [-0.2, -0.15) is 0 Å². The third-order valence-electron chi connectivity index (χ3n) is 3.25. The SMILES string of the molecule is CC(CCl)CCCNC(=O)c1ccc2ccccc2n1. The van der Waals surface area contributed by atoms with Gasteiger partial charge in [0.15, 0.2) is 0 Å². The van der Waals surface area contributed by atoms with Crippen LogP contribution in [0.4, 0.5) is 0 Å². The minimum atomic E-state index is -0.116. The monoisotopic (exact) mass is 290 g/mol. The second-order valence-electron chi connectivity index (χ2n) is 5.05. The van der Waals surface area contributed by atoms with Crippen LogP contribution in [0.15, 0.2) is 36.4 Å². The highest BCUT2D eigenvalue weighted by molar-refractivity contribution is 6.18. The number of hydrogen-bond donors (Lipinski definition) is 1. The van der Waals surface area contributed by atoms with Crippen LogP contribution in [0.25, 0.3) is 10.9 Å². The predicted molar refractivity (Wildman–Crippen MR) is 83.2 cm³/mol. The summed E-state index contributed by atoms with van der Waals surface area (Å²) in [6.07, 6.45) is 1.96. The topological polar surface area (TPSA) is 42.0 Å². The molecule has 0 spiro atoms. The molecule has 1 heterocycles. The van der Waals surface area contributed by atoms with E-state index in [0.717, 1.165) is 23.7 Å². The van der Waals surface area contributed by atoms with Crippen molar-refractivity contribution in [3.63, 3.8) is 0 Å². The highest BCUT2D eigenvalue weighted by Gasteiger charge is 2.07. The molecule has 1 aromatic heterocycles. The van der Waals surface area contributed by atoms with Crippen LogP contribution in [0.2, 0.25) is 0 Å². The Kier molecular flexibility index (Phi) is 5.36. The Morgan fingerprint density at radius 3 is 2.90 bits per heavy atom. The zero-order valence-corrected chi connectivity index (χ0v) is 12.4. The van der Waals surface area contributed by atoms with Crippen LogP contribution in [-0.2, 0) is 0 Å². The van der Waals surface area contributed by atoms with Crippen LogP contribution in [0, 0.1) is 5.92 Å². The molecule has 3 nitrogen and oxygen atoms in total. The zero-order chi connectivity index (χ0) is 14.4. The van der Waals surface area contributed by atoms with E-state index in [4.69, 9.17) is 11.6 Å². The first-order chi connectivity index (χ1) is 9.70. The molecule has 2 aromatic rings. The minimum absolute atomic E-state index is 0.116. The first kappa shape index (κ1) is 14.8. The number of carbonyl (C=O) groups excluding carboxylic acids is 1. The van der Waals surface area contributed by atoms with Gasteiger partial charge in [-0.15, -0.1) is 11.6 Å². The summed E-state index contributed by atoms with van der Waals surface area (Å²) in [7, 11) is 0. The number of fused-ring (bicyclic) bond motifs is 1. The van der Waals surface area contributed by atoms with Crippen molar-refractivity contribution in [1.82, 2.24) is 10.3 Å². The molecule has 0 aliphatic rings. The number of alkyl halides is 1. The molecule has 1 N–H and O–H groups in total. The number of benzene rings is 1. The van der Waals surface area contributed by atoms with Gasteiger partial charge in [-0.3, -0.25) is 4.79 Å². The fraction of sp³-hybridized carbons (Fsp3) is 0.375. The maximum atomic E-state index is 12.0. The van der Waals surface area contributed by atoms with Crippen molar-refractivity contribution in [3.8, 4) is 0 Å². The summed E-state index contributed by atoms with van der Waals surface area (Å²) in [5.41, 5.74) is 1.31. The quantitative estimate of drug-likeness (QED) is 0.652. The largest absolute Gasteiger partial charge is 0.351 e. The van der Waals surface area contributed by atoms with Crippen molar-refractivity contribution in [1.29, 1.82) is 0 Å². The lowest BCUT2D eigenvalue weighted by Crippen LogP contribution is -2.25. The second-order valence-corrected chi connectivity index (χ2v) is 5.36. The standard InChI is InChI=1S/C16H19ClN2O/c1-12(11-17)5-4-10-18-16(20)15-9-8-13-6-2-3-7-14(13)19-15/h2-3,6-9,12H,4-5,10-11H2,1H3,(H,18,20). The Hall–Kier alpha value is -1.61. The van der Waals surface area contributed by atoms with Gasteiger partial charge in [0.1, 0.15) is 5.69 Å². The highest BCUT2D eigenvalue weighted by Crippen LogP contribution is 2.12. The van der Waals surface area contributed by atoms with Gasteiger partial charge in [0.25, 0.3) is 5.91 Å². The van der Waals surface area contributed by atoms with E-state index >= 15 is 0 Å². The molecule has 0 saturated carbocycles. The molecule has 20 heavy (non-hydrogen) atoms. The number of hydrogen-bond acceptors (Lipinski definition) is 2. The number of carbonyl (C=O) groups is 1. The van der Waals surface area contributed by atoms with Gasteiger partial charge in [-0.25, -0.2) is 4.98 Å². The van der Waals surface area contributed by atoms with Crippen molar-refractivity contribution < 1.29 is 4.79 Å². The lowest BCUT2D eigenvalue weighted by atomic mass is 10.1. The van der Waals surface area contributed by atoms with Crippen molar-refractivity contribution in [3.05, 3.63) is 42.1 Å². The van der Waals surface area contributed by atoms with Crippen LogP contribution < -0.4 is 5.32 Å². The van der Waals surface area contributed by atoms with E-state index in [1.54, 1.807) is 6.07 Å². The Labute approximate surface area is 124 Å². The lowest BCUT2D eigenvalue weighted by molar-refractivity contribution is 0.0948. The third-order valence-corrected chi connectivity index (χ3v) is 3.78. The normalized spacial score (nSPS) is 12.3. The Bertz CT molecular complexity index is 585. The van der Waals surface area contributed by atoms with Gasteiger partial charge in [-0.05, 0) is 30.9 Å². The number of halogens is 1. The van der Waals surface area contributed by atoms with Gasteiger partial charge in [0, 0.05) is 17.8 Å². The Morgan fingerprint density at radius 2 is 2.10 bits per heavy atom. The van der Waals surface area contributed by atoms with Gasteiger partial charge in [0.05, 0.1) is 5.52 Å². The molecule has 1 unspecified atom stereocenters. The number of rotatable bonds is 6. The maximum Gasteiger partial charge on any atom is 0.269 e. The number of para-hydroxylation sites is 1. The summed E-state index contributed by atoms with van der Waals surface area (Å²) in [5.74, 6) is 1.04. The molecule has 1 atom stereocenters. The van der Waals surface area contributed by atoms with Crippen LogP contribution in [0.1, 0.15) is 30.3 Å². The second kappa shape index (κ2) is 7.25. The fourth-order valence-corrected chi connectivity index (χ4v) is 2.17. The Balaban J connectivity index is 1.91. The summed E-state index contributed by atoms with van der Waals surface area (Å²) < 4.78 is 0. The van der Waals surface area contributed by atoms with E-state index in [1.165, 1.54) is 0 Å². The molecular weight excluding hydrogens is 272 g/mol. The van der Waals surface area contributed by atoms with Crippen molar-refractivity contribution in [2.24, 2.45) is 5.92 Å². The lowest BCUT2D eigenvalue weighted by Gasteiger charge is -2.08. The zero-order valence-electron chi connectivity index (χ0n) is 11.6. The van der Waals surface area contributed by atoms with Gasteiger partial charge in [-0.1, -0.05) is 31.2 Å². The Morgan fingerprint density at radius 1 is 1.30 bits per heavy atom. The summed E-state index contributed by atoms with van der Waals surface area (Å²) in [6.45, 7) is 2.77. The van der Waals surface area contributed by atoms with E-state index in [1.807, 2.05) is 30.3 Å². The highest BCUT2D eigenvalue weighted by atomic mass is 35.5. The summed E-state index contributed by atoms with van der Waals surface area (Å²) in [5, 5.41) is 3.94. The molecular formula is C16H19ClN2O. The van der Waals surface area contributed by atoms with E-state index < -0.39 is 0 Å². The number of nitrogens with one attached hydrogen (secondary N) is 1. The number of pyridine rings is 1. The molecule has 0 saturated heterocycles. The maximum absolute atomic E-state index is 12.0. The third kappa shape index (κ3) is 3.94. The fourth-order valence-electron chi connectivity index (χ4n) is 2.01. The molecule has 0 fully saturated rings. The number of amides is 1. The minimum Gasteiger partial charge on any atom is -0.351 e. The first-order valence-corrected chi connectivity index (χ1v) is 7.44. The van der Waals surface area contributed by atoms with E-state index in [2.05, 4.69) is 17.2 Å². The molecule has 1 aromatic carbocycles. The van der Waals surface area contributed by atoms with Crippen molar-refractivity contribution in [2.45, 2.75) is 19.8 Å². The van der Waals surface area contributed by atoms with E-state index in [0.29, 0.717) is 24.0 Å². The summed E-state index contributed by atoms with van der Waals surface area (Å²) >= 11 is 5.75. The van der Waals surface area contributed by atoms with Gasteiger partial charge in [0.2, 0.25) is 0 Å². The number of aromatic nitrogens is 1. The summed E-state index contributed by atoms with van der Waals surface area (Å²) in [4.78, 5) is 16.4. The molecule has 0 bridgehead atoms. The molecule has 0 aliphatic carbocycles. The first-order valence-electron chi connectivity index (χ1n) is 6.90. The molecule has 1 amide bonds. The van der Waals surface area contributed by atoms with Crippen LogP contribution in [0.3, 0.4) is 0 Å². The van der Waals surface area contributed by atoms with Crippen LogP contribution in [0.5, 0.6) is 0 Å². The molecule has 106 valence electrons. The van der Waals surface area contributed by atoms with E-state index in [-0.39, 0.29) is 5.91 Å². The van der Waals surface area contributed by atoms with Crippen LogP contribution >= 0.6 is 11.6 Å². The smallest absolute Gasteiger partial charge is 0.269 e.